The van der Waals surface area contributed by atoms with Gasteiger partial charge >= 0.3 is 0 Å². The second-order valence-electron chi connectivity index (χ2n) is 9.11. The molecule has 1 aromatic carbocycles. The fourth-order valence-electron chi connectivity index (χ4n) is 5.01. The van der Waals surface area contributed by atoms with E-state index in [0.29, 0.717) is 23.0 Å². The third-order valence-electron chi connectivity index (χ3n) is 6.88. The van der Waals surface area contributed by atoms with Crippen LogP contribution in [-0.4, -0.2) is 52.7 Å². The summed E-state index contributed by atoms with van der Waals surface area (Å²) in [6, 6.07) is 9.58. The summed E-state index contributed by atoms with van der Waals surface area (Å²) in [6.45, 7) is 4.48. The number of methoxy groups -OCH3 is 1. The number of hydrogen-bond acceptors (Lipinski definition) is 6. The van der Waals surface area contributed by atoms with Gasteiger partial charge in [-0.05, 0) is 69.0 Å². The summed E-state index contributed by atoms with van der Waals surface area (Å²) in [4.78, 5) is 28.7. The Bertz CT molecular complexity index is 1210. The topological polar surface area (TPSA) is 102 Å². The van der Waals surface area contributed by atoms with Crippen molar-refractivity contribution in [3.63, 3.8) is 0 Å². The fraction of sp³-hybridized carbons (Fsp3) is 0.400. The average molecular weight is 480 g/mol. The monoisotopic (exact) mass is 479 g/mol. The van der Waals surface area contributed by atoms with E-state index in [-0.39, 0.29) is 11.9 Å². The van der Waals surface area contributed by atoms with Crippen LogP contribution in [0.5, 0.6) is 5.75 Å². The molecule has 2 aromatic heterocycles. The number of rotatable bonds is 7. The van der Waals surface area contributed by atoms with Gasteiger partial charge in [-0.25, -0.2) is 0 Å². The average Bonchev–Trinajstić information content (AvgIpc) is 3.43. The number of amides is 2. The Morgan fingerprint density at radius 2 is 1.97 bits per heavy atom. The molecule has 3 saturated heterocycles. The lowest BCUT2D eigenvalue weighted by Crippen LogP contribution is -2.53. The van der Waals surface area contributed by atoms with Gasteiger partial charge in [0.25, 0.3) is 5.91 Å². The molecule has 9 heteroatoms. The van der Waals surface area contributed by atoms with E-state index in [0.717, 1.165) is 47.0 Å². The molecule has 0 aliphatic carbocycles. The molecule has 6 rings (SSSR count). The van der Waals surface area contributed by atoms with Gasteiger partial charge in [-0.2, -0.15) is 5.10 Å². The van der Waals surface area contributed by atoms with Crippen LogP contribution in [0.15, 0.2) is 36.5 Å². The lowest BCUT2D eigenvalue weighted by atomic mass is 9.83. The molecule has 3 N–H and O–H groups in total. The molecule has 0 saturated carbocycles. The van der Waals surface area contributed by atoms with Gasteiger partial charge < -0.3 is 15.8 Å². The molecular formula is C25H29N5O3S. The quantitative estimate of drug-likeness (QED) is 0.540. The highest BCUT2D eigenvalue weighted by atomic mass is 32.1. The number of fused-ring (bicyclic) bond motifs is 3. The molecule has 1 atom stereocenters. The summed E-state index contributed by atoms with van der Waals surface area (Å²) in [5, 5.41) is 7.65. The van der Waals surface area contributed by atoms with Crippen LogP contribution < -0.4 is 15.8 Å². The number of anilines is 1. The van der Waals surface area contributed by atoms with Gasteiger partial charge in [0, 0.05) is 16.6 Å². The number of carbonyl (C=O) groups excluding carboxylic acids is 2. The van der Waals surface area contributed by atoms with Crippen LogP contribution in [0.3, 0.4) is 0 Å². The van der Waals surface area contributed by atoms with E-state index in [1.54, 1.807) is 7.11 Å². The molecule has 178 valence electrons. The van der Waals surface area contributed by atoms with E-state index < -0.39 is 5.91 Å². The number of hydrogen-bond donors (Lipinski definition) is 2. The summed E-state index contributed by atoms with van der Waals surface area (Å²) in [6.07, 6.45) is 5.18. The Morgan fingerprint density at radius 1 is 1.24 bits per heavy atom. The zero-order valence-electron chi connectivity index (χ0n) is 19.4. The normalized spacial score (nSPS) is 21.4. The Morgan fingerprint density at radius 3 is 2.59 bits per heavy atom. The largest absolute Gasteiger partial charge is 0.497 e. The number of piperidine rings is 3. The van der Waals surface area contributed by atoms with E-state index >= 15 is 0 Å². The van der Waals surface area contributed by atoms with Crippen molar-refractivity contribution in [1.29, 1.82) is 0 Å². The van der Waals surface area contributed by atoms with Gasteiger partial charge in [-0.15, -0.1) is 11.3 Å². The van der Waals surface area contributed by atoms with Crippen molar-refractivity contribution >= 4 is 28.8 Å². The van der Waals surface area contributed by atoms with E-state index in [1.807, 2.05) is 48.1 Å². The smallest absolute Gasteiger partial charge is 0.260 e. The van der Waals surface area contributed by atoms with Crippen molar-refractivity contribution in [2.75, 3.05) is 25.5 Å². The molecule has 3 aliphatic rings. The van der Waals surface area contributed by atoms with Crippen molar-refractivity contribution in [1.82, 2.24) is 14.7 Å². The summed E-state index contributed by atoms with van der Waals surface area (Å²) < 4.78 is 7.10. The molecule has 34 heavy (non-hydrogen) atoms. The number of nitrogens with one attached hydrogen (secondary N) is 1. The predicted molar refractivity (Wildman–Crippen MR) is 132 cm³/mol. The van der Waals surface area contributed by atoms with Crippen molar-refractivity contribution in [2.45, 2.75) is 38.8 Å². The first kappa shape index (κ1) is 22.6. The minimum Gasteiger partial charge on any atom is -0.497 e. The minimum absolute atomic E-state index is 0.0526. The number of ether oxygens (including phenoxy) is 1. The standard InChI is InChI=1S/C25H29N5O3S/c1-15-19(14-30(28-15)13-17-3-5-18(33-2)6-4-17)22-12-20(23(34-22)24(26)31)27-25(32)21-11-16-7-9-29(21)10-8-16/h3-6,12,14,16,21H,7-11,13H2,1-2H3,(H2,26,31)(H,27,32). The molecule has 1 unspecified atom stereocenters. The van der Waals surface area contributed by atoms with E-state index in [4.69, 9.17) is 10.5 Å². The van der Waals surface area contributed by atoms with Gasteiger partial charge in [0.15, 0.2) is 0 Å². The number of primary amides is 1. The SMILES string of the molecule is COc1ccc(Cn2cc(-c3cc(NC(=O)C4CC5CCN4CC5)c(C(N)=O)s3)c(C)n2)cc1. The van der Waals surface area contributed by atoms with Gasteiger partial charge in [-0.1, -0.05) is 12.1 Å². The van der Waals surface area contributed by atoms with Crippen LogP contribution in [0.4, 0.5) is 5.69 Å². The molecule has 3 aromatic rings. The molecule has 2 bridgehead atoms. The minimum atomic E-state index is -0.541. The third kappa shape index (κ3) is 4.45. The Kier molecular flexibility index (Phi) is 6.14. The number of aromatic nitrogens is 2. The molecule has 8 nitrogen and oxygen atoms in total. The maximum absolute atomic E-state index is 13.1. The maximum Gasteiger partial charge on any atom is 0.260 e. The highest BCUT2D eigenvalue weighted by molar-refractivity contribution is 7.18. The van der Waals surface area contributed by atoms with Crippen molar-refractivity contribution in [2.24, 2.45) is 11.7 Å². The number of nitrogens with two attached hydrogens (primary N) is 1. The lowest BCUT2D eigenvalue weighted by Gasteiger charge is -2.44. The van der Waals surface area contributed by atoms with Crippen LogP contribution in [0.2, 0.25) is 0 Å². The van der Waals surface area contributed by atoms with Crippen LogP contribution >= 0.6 is 11.3 Å². The number of nitrogens with zero attached hydrogens (tertiary/aromatic N) is 3. The second kappa shape index (κ2) is 9.23. The molecule has 2 amide bonds. The van der Waals surface area contributed by atoms with Crippen molar-refractivity contribution in [3.8, 4) is 16.2 Å². The number of benzene rings is 1. The van der Waals surface area contributed by atoms with Gasteiger partial charge in [0.1, 0.15) is 10.6 Å². The first-order valence-corrected chi connectivity index (χ1v) is 12.4. The van der Waals surface area contributed by atoms with E-state index in [1.165, 1.54) is 24.2 Å². The van der Waals surface area contributed by atoms with Crippen LogP contribution in [0.1, 0.15) is 40.2 Å². The fourth-order valence-corrected chi connectivity index (χ4v) is 6.04. The summed E-state index contributed by atoms with van der Waals surface area (Å²) in [5.41, 5.74) is 9.02. The number of thiophene rings is 1. The molecule has 5 heterocycles. The molecule has 3 fully saturated rings. The van der Waals surface area contributed by atoms with Crippen LogP contribution in [0, 0.1) is 12.8 Å². The van der Waals surface area contributed by atoms with Gasteiger partial charge in [0.2, 0.25) is 5.91 Å². The Hall–Kier alpha value is -3.17. The van der Waals surface area contributed by atoms with E-state index in [2.05, 4.69) is 15.3 Å². The predicted octanol–water partition coefficient (Wildman–Crippen LogP) is 3.50. The molecule has 0 spiro atoms. The molecular weight excluding hydrogens is 450 g/mol. The second-order valence-corrected chi connectivity index (χ2v) is 10.2. The van der Waals surface area contributed by atoms with Crippen molar-refractivity contribution < 1.29 is 14.3 Å². The van der Waals surface area contributed by atoms with Gasteiger partial charge in [0.05, 0.1) is 31.1 Å². The Balaban J connectivity index is 1.36. The van der Waals surface area contributed by atoms with Crippen LogP contribution in [-0.2, 0) is 11.3 Å². The summed E-state index contributed by atoms with van der Waals surface area (Å²) >= 11 is 1.29. The summed E-state index contributed by atoms with van der Waals surface area (Å²) in [7, 11) is 1.65. The zero-order valence-corrected chi connectivity index (χ0v) is 20.2. The first-order valence-electron chi connectivity index (χ1n) is 11.6. The highest BCUT2D eigenvalue weighted by Crippen LogP contribution is 2.37. The van der Waals surface area contributed by atoms with Gasteiger partial charge in [-0.3, -0.25) is 19.2 Å². The van der Waals surface area contributed by atoms with E-state index in [9.17, 15) is 9.59 Å². The Labute approximate surface area is 202 Å². The van der Waals surface area contributed by atoms with Crippen LogP contribution in [0.25, 0.3) is 10.4 Å². The molecule has 0 radical (unpaired) electrons. The lowest BCUT2D eigenvalue weighted by molar-refractivity contribution is -0.125. The third-order valence-corrected chi connectivity index (χ3v) is 8.06. The van der Waals surface area contributed by atoms with Crippen molar-refractivity contribution in [3.05, 3.63) is 52.7 Å². The first-order chi connectivity index (χ1) is 16.4. The number of carbonyl (C=O) groups is 2. The highest BCUT2D eigenvalue weighted by Gasteiger charge is 2.38. The maximum atomic E-state index is 13.1. The summed E-state index contributed by atoms with van der Waals surface area (Å²) in [5.74, 6) is 0.836. The molecule has 3 aliphatic heterocycles. The number of aryl methyl sites for hydroxylation is 1. The zero-order chi connectivity index (χ0) is 23.8.